The Morgan fingerprint density at radius 1 is 0.766 bits per heavy atom. The molecule has 24 nitrogen and oxygen atoms in total. The van der Waals surface area contributed by atoms with Crippen molar-refractivity contribution in [2.75, 3.05) is 32.7 Å². The summed E-state index contributed by atoms with van der Waals surface area (Å²) >= 11 is 0. The van der Waals surface area contributed by atoms with Gasteiger partial charge in [0.05, 0.1) is 6.04 Å². The minimum Gasteiger partial charge on any atom is -0.508 e. The van der Waals surface area contributed by atoms with Crippen LogP contribution >= 0.6 is 0 Å². The van der Waals surface area contributed by atoms with Crippen molar-refractivity contribution in [3.05, 3.63) is 29.8 Å². The number of nitrogens with zero attached hydrogens (tertiary/aromatic N) is 4. The van der Waals surface area contributed by atoms with Gasteiger partial charge in [0.25, 0.3) is 5.91 Å². The number of guanidine groups is 2. The van der Waals surface area contributed by atoms with E-state index in [2.05, 4.69) is 36.7 Å². The molecule has 0 radical (unpaired) electrons. The van der Waals surface area contributed by atoms with Gasteiger partial charge in [-0.3, -0.25) is 44.2 Å². The highest BCUT2D eigenvalue weighted by Crippen LogP contribution is 2.20. The molecule has 0 aliphatic carbocycles. The second-order valence-corrected chi connectivity index (χ2v) is 16.0. The van der Waals surface area contributed by atoms with Gasteiger partial charge in [0.15, 0.2) is 11.9 Å². The molecule has 358 valence electrons. The molecule has 24 heteroatoms. The number of phenolic OH excluding ortho intramolecular Hbond substituents is 1. The first-order chi connectivity index (χ1) is 30.3. The van der Waals surface area contributed by atoms with Gasteiger partial charge in [0.1, 0.15) is 36.0 Å². The number of rotatable bonds is 26. The zero-order valence-electron chi connectivity index (χ0n) is 37.1. The summed E-state index contributed by atoms with van der Waals surface area (Å²) < 4.78 is 0. The maximum Gasteiger partial charge on any atom is 0.333 e. The summed E-state index contributed by atoms with van der Waals surface area (Å²) in [5, 5.41) is 21.4. The van der Waals surface area contributed by atoms with Gasteiger partial charge in [-0.05, 0) is 75.0 Å². The van der Waals surface area contributed by atoms with Gasteiger partial charge in [-0.15, -0.1) is 0 Å². The molecule has 0 unspecified atom stereocenters. The zero-order valence-corrected chi connectivity index (χ0v) is 37.1. The number of aromatic hydroxyl groups is 1. The van der Waals surface area contributed by atoms with Crippen molar-refractivity contribution < 1.29 is 38.7 Å². The topological polar surface area (TPSA) is 413 Å². The van der Waals surface area contributed by atoms with Crippen molar-refractivity contribution in [1.82, 2.24) is 36.6 Å². The Labute approximate surface area is 373 Å². The molecule has 1 saturated heterocycles. The lowest BCUT2D eigenvalue weighted by Gasteiger charge is -2.29. The summed E-state index contributed by atoms with van der Waals surface area (Å²) in [5.74, 6) is -4.28. The molecule has 1 aromatic carbocycles. The fourth-order valence-corrected chi connectivity index (χ4v) is 6.70. The van der Waals surface area contributed by atoms with E-state index in [1.54, 1.807) is 6.92 Å². The number of hydrogen-bond donors (Lipinski definition) is 13. The molecule has 0 bridgehead atoms. The number of benzene rings is 1. The molecule has 1 fully saturated rings. The number of hydrogen-bond acceptors (Lipinski definition) is 12. The van der Waals surface area contributed by atoms with Gasteiger partial charge in [-0.25, -0.2) is 9.80 Å². The Morgan fingerprint density at radius 3 is 1.86 bits per heavy atom. The Morgan fingerprint density at radius 2 is 1.31 bits per heavy atom. The van der Waals surface area contributed by atoms with Gasteiger partial charge in [0.2, 0.25) is 29.5 Å². The van der Waals surface area contributed by atoms with Crippen LogP contribution in [0.1, 0.15) is 84.1 Å². The highest BCUT2D eigenvalue weighted by atomic mass is 16.3. The second-order valence-electron chi connectivity index (χ2n) is 16.0. The summed E-state index contributed by atoms with van der Waals surface area (Å²) in [5.41, 5.74) is 42.1. The van der Waals surface area contributed by atoms with E-state index in [1.807, 2.05) is 13.8 Å². The number of aliphatic imine (C=N–C) groups is 2. The fraction of sp³-hybridized carbons (Fsp3) is 0.625. The molecular formula is C40H70N16O8. The van der Waals surface area contributed by atoms with Crippen LogP contribution in [0, 0.1) is 5.92 Å². The standard InChI is InChI=1S/C40H70N16O8/c1-4-8-27(32(58)52-29(21-24-12-14-25(57)15-13-24)34(60)53-30(22-41)35(61)54-56(40(47)64)20-16-23(2)3)50-33(59)28(10-6-18-49-39(45)46)51-36(62)31-11-7-19-55(31)37(63)26(42)9-5-17-48-38(43)44/h12-15,23,26-31,57H,4-11,16-22,41-42H2,1-3H3,(H2,47,64)(H,50,59)(H,51,62)(H,52,58)(H,53,60)(H,54,61)(H4,43,44,48)(H4,45,46,49)/t26-,27-,28-,29-,30-,31-/m0/s1. The average Bonchev–Trinajstić information content (AvgIpc) is 3.73. The maximum atomic E-state index is 14.0. The lowest BCUT2D eigenvalue weighted by atomic mass is 10.0. The molecule has 6 atom stereocenters. The third-order valence-electron chi connectivity index (χ3n) is 10.2. The quantitative estimate of drug-likeness (QED) is 0.0186. The molecule has 1 aromatic rings. The molecule has 8 amide bonds. The number of likely N-dealkylation sites (tertiary alicyclic amines) is 1. The van der Waals surface area contributed by atoms with Crippen molar-refractivity contribution in [2.45, 2.75) is 121 Å². The van der Waals surface area contributed by atoms with Crippen LogP contribution in [-0.4, -0.2) is 137 Å². The van der Waals surface area contributed by atoms with E-state index >= 15 is 0 Å². The minimum atomic E-state index is -1.36. The summed E-state index contributed by atoms with van der Waals surface area (Å²) in [7, 11) is 0. The third kappa shape index (κ3) is 18.9. The third-order valence-corrected chi connectivity index (χ3v) is 10.2. The fourth-order valence-electron chi connectivity index (χ4n) is 6.70. The smallest absolute Gasteiger partial charge is 0.333 e. The number of phenols is 1. The van der Waals surface area contributed by atoms with E-state index < -0.39 is 77.7 Å². The number of amides is 8. The van der Waals surface area contributed by atoms with Crippen LogP contribution in [0.3, 0.4) is 0 Å². The van der Waals surface area contributed by atoms with E-state index in [1.165, 1.54) is 29.2 Å². The van der Waals surface area contributed by atoms with Crippen LogP contribution < -0.4 is 66.8 Å². The van der Waals surface area contributed by atoms with Crippen LogP contribution in [-0.2, 0) is 35.2 Å². The van der Waals surface area contributed by atoms with Crippen LogP contribution in [0.15, 0.2) is 34.3 Å². The van der Waals surface area contributed by atoms with Crippen molar-refractivity contribution in [3.63, 3.8) is 0 Å². The van der Waals surface area contributed by atoms with Gasteiger partial charge in [0, 0.05) is 39.1 Å². The average molecular weight is 903 g/mol. The first kappa shape index (κ1) is 53.7. The number of nitrogens with two attached hydrogens (primary N) is 7. The van der Waals surface area contributed by atoms with E-state index in [0.29, 0.717) is 37.7 Å². The highest BCUT2D eigenvalue weighted by Gasteiger charge is 2.38. The number of carbonyl (C=O) groups excluding carboxylic acids is 7. The first-order valence-corrected chi connectivity index (χ1v) is 21.5. The number of hydrazine groups is 1. The van der Waals surface area contributed by atoms with Crippen LogP contribution in [0.4, 0.5) is 4.79 Å². The highest BCUT2D eigenvalue weighted by molar-refractivity contribution is 5.97. The van der Waals surface area contributed by atoms with Crippen molar-refractivity contribution in [3.8, 4) is 5.75 Å². The van der Waals surface area contributed by atoms with E-state index in [0.717, 1.165) is 5.01 Å². The lowest BCUT2D eigenvalue weighted by Crippen LogP contribution is -2.61. The van der Waals surface area contributed by atoms with Gasteiger partial charge in [-0.1, -0.05) is 39.3 Å². The van der Waals surface area contributed by atoms with Gasteiger partial charge in [-0.2, -0.15) is 0 Å². The van der Waals surface area contributed by atoms with Crippen molar-refractivity contribution in [1.29, 1.82) is 0 Å². The summed E-state index contributed by atoms with van der Waals surface area (Å²) in [6.07, 6.45) is 2.74. The van der Waals surface area contributed by atoms with Gasteiger partial charge >= 0.3 is 6.03 Å². The summed E-state index contributed by atoms with van der Waals surface area (Å²) in [6, 6.07) is -2.02. The number of primary amides is 1. The summed E-state index contributed by atoms with van der Waals surface area (Å²) in [6.45, 7) is 6.01. The second kappa shape index (κ2) is 27.6. The molecule has 1 aliphatic heterocycles. The lowest BCUT2D eigenvalue weighted by molar-refractivity contribution is -0.140. The molecule has 2 rings (SSSR count). The first-order valence-electron chi connectivity index (χ1n) is 21.5. The summed E-state index contributed by atoms with van der Waals surface area (Å²) in [4.78, 5) is 104. The Balaban J connectivity index is 2.32. The zero-order chi connectivity index (χ0) is 47.9. The Bertz CT molecular complexity index is 1770. The number of urea groups is 1. The Hall–Kier alpha value is -6.43. The van der Waals surface area contributed by atoms with Crippen LogP contribution in [0.25, 0.3) is 0 Å². The SMILES string of the molecule is CCC[C@H](NC(=O)[C@H](CCCN=C(N)N)NC(=O)[C@@H]1CCCN1C(=O)[C@@H](N)CCCN=C(N)N)C(=O)N[C@@H](Cc1ccc(O)cc1)C(=O)N[C@@H](CN)C(=O)NN(CCC(C)C)C(N)=O. The van der Waals surface area contributed by atoms with Crippen molar-refractivity contribution >= 4 is 53.4 Å². The Kier molecular flexibility index (Phi) is 23.2. The van der Waals surface area contributed by atoms with E-state index in [4.69, 9.17) is 40.1 Å². The van der Waals surface area contributed by atoms with E-state index in [9.17, 15) is 38.7 Å². The molecule has 1 heterocycles. The minimum absolute atomic E-state index is 0.0393. The predicted molar refractivity (Wildman–Crippen MR) is 240 cm³/mol. The monoisotopic (exact) mass is 903 g/mol. The predicted octanol–water partition coefficient (Wildman–Crippen LogP) is -3.48. The molecule has 64 heavy (non-hydrogen) atoms. The molecule has 0 spiro atoms. The molecule has 0 saturated carbocycles. The van der Waals surface area contributed by atoms with E-state index in [-0.39, 0.29) is 88.4 Å². The number of carbonyl (C=O) groups is 7. The maximum absolute atomic E-state index is 14.0. The van der Waals surface area contributed by atoms with Crippen LogP contribution in [0.2, 0.25) is 0 Å². The molecular weight excluding hydrogens is 833 g/mol. The van der Waals surface area contributed by atoms with Gasteiger partial charge < -0.3 is 71.4 Å². The van der Waals surface area contributed by atoms with Crippen molar-refractivity contribution in [2.24, 2.45) is 56.0 Å². The molecule has 0 aromatic heterocycles. The number of nitrogens with one attached hydrogen (secondary N) is 5. The largest absolute Gasteiger partial charge is 0.508 e. The molecule has 1 aliphatic rings. The molecule has 20 N–H and O–H groups in total. The van der Waals surface area contributed by atoms with Crippen LogP contribution in [0.5, 0.6) is 5.75 Å². The normalized spacial score (nSPS) is 15.7.